The average Bonchev–Trinajstić information content (AvgIpc) is 2.63. The minimum Gasteiger partial charge on any atom is -0.352 e. The summed E-state index contributed by atoms with van der Waals surface area (Å²) in [5, 5.41) is 2.99. The van der Waals surface area contributed by atoms with Crippen LogP contribution in [-0.2, 0) is 0 Å². The molecule has 0 radical (unpaired) electrons. The Hall–Kier alpha value is -2.42. The summed E-state index contributed by atoms with van der Waals surface area (Å²) in [5.41, 5.74) is 5.26. The number of aryl methyl sites for hydroxylation is 1. The fraction of sp³-hybridized carbons (Fsp3) is 0.333. The fourth-order valence-corrected chi connectivity index (χ4v) is 3.07. The van der Waals surface area contributed by atoms with Crippen molar-refractivity contribution in [3.63, 3.8) is 0 Å². The molecule has 2 aromatic rings. The molecule has 24 heavy (non-hydrogen) atoms. The zero-order chi connectivity index (χ0) is 16.8. The van der Waals surface area contributed by atoms with E-state index in [0.29, 0.717) is 12.1 Å². The van der Waals surface area contributed by atoms with Crippen LogP contribution in [0.3, 0.4) is 0 Å². The maximum atomic E-state index is 12.2. The van der Waals surface area contributed by atoms with Crippen molar-refractivity contribution < 1.29 is 4.79 Å². The average molecular weight is 320 g/mol. The van der Waals surface area contributed by atoms with Gasteiger partial charge in [0.15, 0.2) is 0 Å². The lowest BCUT2D eigenvalue weighted by molar-refractivity contribution is 0.0953. The van der Waals surface area contributed by atoms with E-state index in [0.717, 1.165) is 17.7 Å². The van der Waals surface area contributed by atoms with Crippen LogP contribution in [0.15, 0.2) is 54.2 Å². The van der Waals surface area contributed by atoms with Gasteiger partial charge in [-0.15, -0.1) is 0 Å². The lowest BCUT2D eigenvalue weighted by atomic mass is 9.97. The second-order valence-electron chi connectivity index (χ2n) is 6.42. The highest BCUT2D eigenvalue weighted by atomic mass is 16.1. The first-order valence-electron chi connectivity index (χ1n) is 8.71. The molecule has 0 spiro atoms. The van der Waals surface area contributed by atoms with Gasteiger partial charge in [-0.25, -0.2) is 0 Å². The smallest absolute Gasteiger partial charge is 0.252 e. The molecule has 0 fully saturated rings. The number of amides is 1. The second kappa shape index (κ2) is 7.91. The van der Waals surface area contributed by atoms with Crippen LogP contribution in [-0.4, -0.2) is 17.4 Å². The van der Waals surface area contributed by atoms with Crippen LogP contribution in [0.25, 0.3) is 11.3 Å². The highest BCUT2D eigenvalue weighted by molar-refractivity contribution is 5.94. The van der Waals surface area contributed by atoms with Crippen molar-refractivity contribution >= 4 is 5.91 Å². The molecule has 1 aliphatic rings. The lowest BCUT2D eigenvalue weighted by Crippen LogP contribution is -2.25. The third kappa shape index (κ3) is 4.31. The van der Waals surface area contributed by atoms with E-state index in [2.05, 4.69) is 35.4 Å². The van der Waals surface area contributed by atoms with Gasteiger partial charge in [0.2, 0.25) is 0 Å². The van der Waals surface area contributed by atoms with Crippen LogP contribution in [0.1, 0.15) is 48.0 Å². The van der Waals surface area contributed by atoms with Gasteiger partial charge in [-0.3, -0.25) is 9.78 Å². The van der Waals surface area contributed by atoms with E-state index in [4.69, 9.17) is 0 Å². The summed E-state index contributed by atoms with van der Waals surface area (Å²) in [7, 11) is 0. The number of carbonyl (C=O) groups is 1. The number of pyridine rings is 1. The Labute approximate surface area is 143 Å². The third-order valence-corrected chi connectivity index (χ3v) is 4.46. The number of nitrogens with one attached hydrogen (secondary N) is 1. The van der Waals surface area contributed by atoms with Crippen molar-refractivity contribution in [2.75, 3.05) is 6.54 Å². The number of rotatable bonds is 5. The van der Waals surface area contributed by atoms with Gasteiger partial charge in [0.25, 0.3) is 5.91 Å². The highest BCUT2D eigenvalue weighted by Crippen LogP contribution is 2.20. The number of benzene rings is 1. The van der Waals surface area contributed by atoms with E-state index in [9.17, 15) is 4.79 Å². The van der Waals surface area contributed by atoms with Gasteiger partial charge in [0.05, 0.1) is 11.3 Å². The molecule has 1 N–H and O–H groups in total. The van der Waals surface area contributed by atoms with Gasteiger partial charge < -0.3 is 5.32 Å². The Morgan fingerprint density at radius 1 is 1.21 bits per heavy atom. The molecule has 124 valence electrons. The van der Waals surface area contributed by atoms with E-state index in [1.165, 1.54) is 36.8 Å². The molecule has 0 unspecified atom stereocenters. The largest absolute Gasteiger partial charge is 0.352 e. The van der Waals surface area contributed by atoms with Crippen molar-refractivity contribution in [1.82, 2.24) is 10.3 Å². The minimum atomic E-state index is -0.0466. The molecule has 1 aromatic heterocycles. The first-order valence-corrected chi connectivity index (χ1v) is 8.71. The van der Waals surface area contributed by atoms with Crippen molar-refractivity contribution in [2.45, 2.75) is 39.0 Å². The number of aromatic nitrogens is 1. The molecule has 0 saturated heterocycles. The molecule has 3 heteroatoms. The molecule has 0 aliphatic heterocycles. The van der Waals surface area contributed by atoms with E-state index < -0.39 is 0 Å². The third-order valence-electron chi connectivity index (χ3n) is 4.46. The molecule has 0 saturated carbocycles. The zero-order valence-corrected chi connectivity index (χ0v) is 14.2. The molecule has 0 bridgehead atoms. The van der Waals surface area contributed by atoms with E-state index >= 15 is 0 Å². The van der Waals surface area contributed by atoms with Crippen LogP contribution in [0.5, 0.6) is 0 Å². The SMILES string of the molecule is Cc1cccc(-c2ccc(C(=O)NCCC3=CCCCC3)cn2)c1. The Kier molecular flexibility index (Phi) is 5.42. The first-order chi connectivity index (χ1) is 11.7. The van der Waals surface area contributed by atoms with E-state index in [-0.39, 0.29) is 5.91 Å². The number of hydrogen-bond acceptors (Lipinski definition) is 2. The summed E-state index contributed by atoms with van der Waals surface area (Å²) in [5.74, 6) is -0.0466. The topological polar surface area (TPSA) is 42.0 Å². The van der Waals surface area contributed by atoms with Gasteiger partial charge >= 0.3 is 0 Å². The van der Waals surface area contributed by atoms with Crippen molar-refractivity contribution in [2.24, 2.45) is 0 Å². The number of nitrogens with zero attached hydrogens (tertiary/aromatic N) is 1. The van der Waals surface area contributed by atoms with Crippen LogP contribution in [0.4, 0.5) is 0 Å². The Morgan fingerprint density at radius 3 is 2.83 bits per heavy atom. The quantitative estimate of drug-likeness (QED) is 0.813. The van der Waals surface area contributed by atoms with Gasteiger partial charge in [-0.2, -0.15) is 0 Å². The standard InChI is InChI=1S/C21H24N2O/c1-16-6-5-9-18(14-16)20-11-10-19(15-23-20)21(24)22-13-12-17-7-3-2-4-8-17/h5-7,9-11,14-15H,2-4,8,12-13H2,1H3,(H,22,24). The number of hydrogen-bond donors (Lipinski definition) is 1. The van der Waals surface area contributed by atoms with Crippen molar-refractivity contribution in [3.8, 4) is 11.3 Å². The molecule has 1 aliphatic carbocycles. The number of carbonyl (C=O) groups excluding carboxylic acids is 1. The van der Waals surface area contributed by atoms with Crippen molar-refractivity contribution in [3.05, 3.63) is 65.4 Å². The van der Waals surface area contributed by atoms with Gasteiger partial charge in [0.1, 0.15) is 0 Å². The Morgan fingerprint density at radius 2 is 2.12 bits per heavy atom. The summed E-state index contributed by atoms with van der Waals surface area (Å²) in [4.78, 5) is 16.7. The molecule has 1 amide bonds. The highest BCUT2D eigenvalue weighted by Gasteiger charge is 2.08. The van der Waals surface area contributed by atoms with Crippen LogP contribution in [0.2, 0.25) is 0 Å². The van der Waals surface area contributed by atoms with Crippen LogP contribution >= 0.6 is 0 Å². The predicted molar refractivity (Wildman–Crippen MR) is 97.9 cm³/mol. The van der Waals surface area contributed by atoms with E-state index in [1.54, 1.807) is 6.20 Å². The summed E-state index contributed by atoms with van der Waals surface area (Å²) in [6.45, 7) is 2.76. The summed E-state index contributed by atoms with van der Waals surface area (Å²) < 4.78 is 0. The molecular formula is C21H24N2O. The molecule has 1 aromatic carbocycles. The molecule has 1 heterocycles. The predicted octanol–water partition coefficient (Wildman–Crippen LogP) is 4.68. The summed E-state index contributed by atoms with van der Waals surface area (Å²) in [6, 6.07) is 12.0. The van der Waals surface area contributed by atoms with E-state index in [1.807, 2.05) is 24.3 Å². The van der Waals surface area contributed by atoms with Gasteiger partial charge in [-0.05, 0) is 57.2 Å². The lowest BCUT2D eigenvalue weighted by Gasteiger charge is -2.13. The molecular weight excluding hydrogens is 296 g/mol. The number of allylic oxidation sites excluding steroid dienone is 1. The Bertz CT molecular complexity index is 732. The molecule has 0 atom stereocenters. The van der Waals surface area contributed by atoms with Crippen molar-refractivity contribution in [1.29, 1.82) is 0 Å². The molecule has 3 nitrogen and oxygen atoms in total. The normalized spacial score (nSPS) is 14.1. The van der Waals surface area contributed by atoms with Gasteiger partial charge in [0, 0.05) is 18.3 Å². The zero-order valence-electron chi connectivity index (χ0n) is 14.2. The van der Waals surface area contributed by atoms with Crippen LogP contribution in [0, 0.1) is 6.92 Å². The minimum absolute atomic E-state index is 0.0466. The second-order valence-corrected chi connectivity index (χ2v) is 6.42. The monoisotopic (exact) mass is 320 g/mol. The van der Waals surface area contributed by atoms with Crippen LogP contribution < -0.4 is 5.32 Å². The Balaban J connectivity index is 1.56. The molecule has 3 rings (SSSR count). The van der Waals surface area contributed by atoms with Gasteiger partial charge in [-0.1, -0.05) is 35.4 Å². The fourth-order valence-electron chi connectivity index (χ4n) is 3.07. The maximum Gasteiger partial charge on any atom is 0.252 e. The summed E-state index contributed by atoms with van der Waals surface area (Å²) in [6.07, 6.45) is 9.90. The first kappa shape index (κ1) is 16.4. The maximum absolute atomic E-state index is 12.2. The summed E-state index contributed by atoms with van der Waals surface area (Å²) >= 11 is 0.